The van der Waals surface area contributed by atoms with Crippen LogP contribution >= 0.6 is 0 Å². The summed E-state index contributed by atoms with van der Waals surface area (Å²) < 4.78 is 4.07. The van der Waals surface area contributed by atoms with E-state index in [1.54, 1.807) is 0 Å². The minimum Gasteiger partial charge on any atom is -0.338 e. The number of rotatable bonds is 8. The molecule has 0 unspecified atom stereocenters. The van der Waals surface area contributed by atoms with Crippen LogP contribution in [0.1, 0.15) is 23.4 Å². The van der Waals surface area contributed by atoms with Gasteiger partial charge in [-0.3, -0.25) is 4.68 Å². The Kier molecular flexibility index (Phi) is 5.43. The molecule has 3 aromatic rings. The minimum absolute atomic E-state index is 0.824. The number of imidazole rings is 1. The third-order valence-corrected chi connectivity index (χ3v) is 4.31. The number of hydrogen-bond acceptors (Lipinski definition) is 3. The van der Waals surface area contributed by atoms with Crippen molar-refractivity contribution in [3.63, 3.8) is 0 Å². The molecule has 0 spiro atoms. The molecule has 0 N–H and O–H groups in total. The average molecular weight is 323 g/mol. The monoisotopic (exact) mass is 323 g/mol. The molecule has 0 aliphatic rings. The van der Waals surface area contributed by atoms with Gasteiger partial charge < -0.3 is 9.47 Å². The van der Waals surface area contributed by atoms with Gasteiger partial charge in [0.2, 0.25) is 0 Å². The van der Waals surface area contributed by atoms with Crippen LogP contribution in [0.25, 0.3) is 0 Å². The zero-order valence-corrected chi connectivity index (χ0v) is 14.5. The Labute approximate surface area is 143 Å². The molecule has 0 saturated carbocycles. The summed E-state index contributed by atoms with van der Waals surface area (Å²) >= 11 is 0. The van der Waals surface area contributed by atoms with Crippen molar-refractivity contribution >= 4 is 0 Å². The Morgan fingerprint density at radius 3 is 2.58 bits per heavy atom. The smallest absolute Gasteiger partial charge is 0.108 e. The maximum absolute atomic E-state index is 4.39. The molecule has 0 aliphatic heterocycles. The van der Waals surface area contributed by atoms with Gasteiger partial charge in [-0.05, 0) is 37.2 Å². The van der Waals surface area contributed by atoms with Crippen LogP contribution in [-0.4, -0.2) is 37.8 Å². The zero-order valence-electron chi connectivity index (χ0n) is 14.5. The van der Waals surface area contributed by atoms with Crippen molar-refractivity contribution in [2.45, 2.75) is 25.9 Å². The van der Waals surface area contributed by atoms with Crippen molar-refractivity contribution < 1.29 is 0 Å². The van der Waals surface area contributed by atoms with Gasteiger partial charge in [-0.15, -0.1) is 0 Å². The quantitative estimate of drug-likeness (QED) is 0.640. The van der Waals surface area contributed by atoms with E-state index in [-0.39, 0.29) is 0 Å². The highest BCUT2D eigenvalue weighted by atomic mass is 15.3. The molecule has 5 nitrogen and oxygen atoms in total. The van der Waals surface area contributed by atoms with Crippen LogP contribution in [0.5, 0.6) is 0 Å². The summed E-state index contributed by atoms with van der Waals surface area (Å²) in [6, 6.07) is 10.6. The average Bonchev–Trinajstić information content (AvgIpc) is 3.22. The van der Waals surface area contributed by atoms with Crippen molar-refractivity contribution in [2.75, 3.05) is 13.6 Å². The first-order valence-electron chi connectivity index (χ1n) is 8.41. The molecule has 126 valence electrons. The third-order valence-electron chi connectivity index (χ3n) is 4.31. The van der Waals surface area contributed by atoms with Gasteiger partial charge in [0.05, 0.1) is 6.54 Å². The van der Waals surface area contributed by atoms with Crippen molar-refractivity contribution in [3.8, 4) is 0 Å². The summed E-state index contributed by atoms with van der Waals surface area (Å²) in [5.74, 6) is 1.16. The SMILES string of the molecule is CN(CCCc1nccn1C)Cc1ccccc1Cn1cccn1. The first-order valence-corrected chi connectivity index (χ1v) is 8.41. The van der Waals surface area contributed by atoms with Gasteiger partial charge in [-0.2, -0.15) is 5.10 Å². The normalized spacial score (nSPS) is 11.3. The largest absolute Gasteiger partial charge is 0.338 e. The lowest BCUT2D eigenvalue weighted by molar-refractivity contribution is 0.319. The zero-order chi connectivity index (χ0) is 16.8. The summed E-state index contributed by atoms with van der Waals surface area (Å²) in [5, 5.41) is 4.31. The highest BCUT2D eigenvalue weighted by Gasteiger charge is 2.07. The lowest BCUT2D eigenvalue weighted by Gasteiger charge is -2.19. The lowest BCUT2D eigenvalue weighted by atomic mass is 10.1. The third kappa shape index (κ3) is 4.32. The minimum atomic E-state index is 0.824. The van der Waals surface area contributed by atoms with Crippen LogP contribution in [0.15, 0.2) is 55.1 Å². The highest BCUT2D eigenvalue weighted by molar-refractivity contribution is 5.27. The van der Waals surface area contributed by atoms with Crippen LogP contribution in [0.4, 0.5) is 0 Å². The first kappa shape index (κ1) is 16.5. The molecular formula is C19H25N5. The summed E-state index contributed by atoms with van der Waals surface area (Å²) in [6.45, 7) is 2.84. The van der Waals surface area contributed by atoms with Crippen molar-refractivity contribution in [2.24, 2.45) is 7.05 Å². The second kappa shape index (κ2) is 7.93. The van der Waals surface area contributed by atoms with E-state index in [4.69, 9.17) is 0 Å². The predicted molar refractivity (Wildman–Crippen MR) is 95.6 cm³/mol. The Balaban J connectivity index is 1.54. The number of nitrogens with zero attached hydrogens (tertiary/aromatic N) is 5. The van der Waals surface area contributed by atoms with E-state index in [9.17, 15) is 0 Å². The van der Waals surface area contributed by atoms with E-state index in [0.717, 1.165) is 38.3 Å². The Morgan fingerprint density at radius 2 is 1.88 bits per heavy atom. The van der Waals surface area contributed by atoms with Gasteiger partial charge in [-0.1, -0.05) is 24.3 Å². The van der Waals surface area contributed by atoms with Gasteiger partial charge in [0.25, 0.3) is 0 Å². The van der Waals surface area contributed by atoms with Crippen LogP contribution in [-0.2, 0) is 26.6 Å². The molecule has 0 atom stereocenters. The molecular weight excluding hydrogens is 298 g/mol. The summed E-state index contributed by atoms with van der Waals surface area (Å²) in [6.07, 6.45) is 9.83. The molecule has 0 saturated heterocycles. The molecule has 1 aromatic carbocycles. The molecule has 0 radical (unpaired) electrons. The van der Waals surface area contributed by atoms with E-state index < -0.39 is 0 Å². The molecule has 0 fully saturated rings. The van der Waals surface area contributed by atoms with Gasteiger partial charge >= 0.3 is 0 Å². The lowest BCUT2D eigenvalue weighted by Crippen LogP contribution is -2.21. The second-order valence-electron chi connectivity index (χ2n) is 6.27. The molecule has 3 rings (SSSR count). The summed E-state index contributed by atoms with van der Waals surface area (Å²) in [4.78, 5) is 6.77. The van der Waals surface area contributed by atoms with E-state index in [1.165, 1.54) is 11.1 Å². The van der Waals surface area contributed by atoms with E-state index in [0.29, 0.717) is 0 Å². The molecule has 0 bridgehead atoms. The van der Waals surface area contributed by atoms with Crippen LogP contribution < -0.4 is 0 Å². The molecule has 0 aliphatic carbocycles. The molecule has 5 heteroatoms. The van der Waals surface area contributed by atoms with Crippen LogP contribution in [0.3, 0.4) is 0 Å². The van der Waals surface area contributed by atoms with Gasteiger partial charge in [0, 0.05) is 44.8 Å². The van der Waals surface area contributed by atoms with Crippen molar-refractivity contribution in [1.82, 2.24) is 24.2 Å². The van der Waals surface area contributed by atoms with Crippen LogP contribution in [0.2, 0.25) is 0 Å². The predicted octanol–water partition coefficient (Wildman–Crippen LogP) is 2.73. The Bertz CT molecular complexity index is 745. The number of hydrogen-bond donors (Lipinski definition) is 0. The summed E-state index contributed by atoms with van der Waals surface area (Å²) in [5.41, 5.74) is 2.70. The number of aromatic nitrogens is 4. The molecule has 0 amide bonds. The van der Waals surface area contributed by atoms with E-state index >= 15 is 0 Å². The van der Waals surface area contributed by atoms with Crippen molar-refractivity contribution in [1.29, 1.82) is 0 Å². The number of benzene rings is 1. The van der Waals surface area contributed by atoms with Gasteiger partial charge in [0.15, 0.2) is 0 Å². The first-order chi connectivity index (χ1) is 11.7. The Hall–Kier alpha value is -2.40. The fourth-order valence-corrected chi connectivity index (χ4v) is 2.95. The fraction of sp³-hybridized carbons (Fsp3) is 0.368. The van der Waals surface area contributed by atoms with Gasteiger partial charge in [0.1, 0.15) is 5.82 Å². The highest BCUT2D eigenvalue weighted by Crippen LogP contribution is 2.13. The van der Waals surface area contributed by atoms with Gasteiger partial charge in [-0.25, -0.2) is 4.98 Å². The molecule has 24 heavy (non-hydrogen) atoms. The molecule has 2 aromatic heterocycles. The van der Waals surface area contributed by atoms with E-state index in [1.807, 2.05) is 35.5 Å². The van der Waals surface area contributed by atoms with E-state index in [2.05, 4.69) is 57.9 Å². The molecule has 2 heterocycles. The second-order valence-corrected chi connectivity index (χ2v) is 6.27. The van der Waals surface area contributed by atoms with Crippen molar-refractivity contribution in [3.05, 3.63) is 72.1 Å². The fourth-order valence-electron chi connectivity index (χ4n) is 2.95. The van der Waals surface area contributed by atoms with Crippen LogP contribution in [0, 0.1) is 0 Å². The Morgan fingerprint density at radius 1 is 1.04 bits per heavy atom. The maximum atomic E-state index is 4.39. The summed E-state index contributed by atoms with van der Waals surface area (Å²) in [7, 11) is 4.24. The maximum Gasteiger partial charge on any atom is 0.108 e. The number of aryl methyl sites for hydroxylation is 2. The topological polar surface area (TPSA) is 38.9 Å². The standard InChI is InChI=1S/C19H25N5/c1-22(12-5-9-19-20-11-14-23(19)2)15-17-7-3-4-8-18(17)16-24-13-6-10-21-24/h3-4,6-8,10-11,13-14H,5,9,12,15-16H2,1-2H3.